The molecule has 4 nitrogen and oxygen atoms in total. The number of amides is 1. The van der Waals surface area contributed by atoms with E-state index < -0.39 is 0 Å². The maximum atomic E-state index is 12.7. The number of rotatable bonds is 5. The van der Waals surface area contributed by atoms with Crippen molar-refractivity contribution in [2.24, 2.45) is 5.92 Å². The summed E-state index contributed by atoms with van der Waals surface area (Å²) in [5.74, 6) is 1.56. The van der Waals surface area contributed by atoms with Gasteiger partial charge < -0.3 is 5.32 Å². The standard InChI is InChI=1S/C19H23N3OS/c1-14-6-8-15(9-7-14)22-19(23)17-4-2-3-5-18(17)24-12-16-10-11-20-13-21-16/h2-5,10-11,13-15H,6-9,12H2,1H3,(H,22,23). The fraction of sp³-hybridized carbons (Fsp3) is 0.421. The Bertz CT molecular complexity index is 669. The highest BCUT2D eigenvalue weighted by Crippen LogP contribution is 2.27. The Kier molecular flexibility index (Phi) is 5.86. The lowest BCUT2D eigenvalue weighted by molar-refractivity contribution is 0.0920. The smallest absolute Gasteiger partial charge is 0.252 e. The minimum atomic E-state index is 0.0420. The van der Waals surface area contributed by atoms with E-state index in [1.165, 1.54) is 12.8 Å². The van der Waals surface area contributed by atoms with Crippen LogP contribution in [0.15, 0.2) is 47.8 Å². The molecule has 0 bridgehead atoms. The first-order valence-electron chi connectivity index (χ1n) is 8.50. The highest BCUT2D eigenvalue weighted by molar-refractivity contribution is 7.98. The number of carbonyl (C=O) groups is 1. The van der Waals surface area contributed by atoms with Crippen molar-refractivity contribution >= 4 is 17.7 Å². The second-order valence-electron chi connectivity index (χ2n) is 6.42. The van der Waals surface area contributed by atoms with Crippen LogP contribution >= 0.6 is 11.8 Å². The van der Waals surface area contributed by atoms with E-state index in [-0.39, 0.29) is 5.91 Å². The highest BCUT2D eigenvalue weighted by Gasteiger charge is 2.21. The Balaban J connectivity index is 1.63. The Labute approximate surface area is 147 Å². The predicted molar refractivity (Wildman–Crippen MR) is 96.9 cm³/mol. The van der Waals surface area contributed by atoms with Crippen LogP contribution in [0.5, 0.6) is 0 Å². The molecule has 0 saturated heterocycles. The second kappa shape index (κ2) is 8.29. The molecule has 3 rings (SSSR count). The Morgan fingerprint density at radius 3 is 2.75 bits per heavy atom. The summed E-state index contributed by atoms with van der Waals surface area (Å²) < 4.78 is 0. The van der Waals surface area contributed by atoms with E-state index >= 15 is 0 Å². The molecule has 1 N–H and O–H groups in total. The lowest BCUT2D eigenvalue weighted by Crippen LogP contribution is -2.37. The highest BCUT2D eigenvalue weighted by atomic mass is 32.2. The van der Waals surface area contributed by atoms with Crippen molar-refractivity contribution in [1.82, 2.24) is 15.3 Å². The van der Waals surface area contributed by atoms with E-state index in [4.69, 9.17) is 0 Å². The third-order valence-electron chi connectivity index (χ3n) is 4.50. The number of nitrogens with one attached hydrogen (secondary N) is 1. The molecule has 24 heavy (non-hydrogen) atoms. The van der Waals surface area contributed by atoms with E-state index in [1.807, 2.05) is 30.3 Å². The Morgan fingerprint density at radius 2 is 2.00 bits per heavy atom. The fourth-order valence-electron chi connectivity index (χ4n) is 3.00. The zero-order chi connectivity index (χ0) is 16.8. The van der Waals surface area contributed by atoms with Crippen molar-refractivity contribution in [2.45, 2.75) is 49.3 Å². The van der Waals surface area contributed by atoms with Gasteiger partial charge in [-0.3, -0.25) is 4.79 Å². The van der Waals surface area contributed by atoms with E-state index in [1.54, 1.807) is 24.3 Å². The van der Waals surface area contributed by atoms with Gasteiger partial charge in [0.2, 0.25) is 0 Å². The van der Waals surface area contributed by atoms with Gasteiger partial charge in [-0.2, -0.15) is 0 Å². The molecule has 2 aromatic rings. The van der Waals surface area contributed by atoms with Gasteiger partial charge in [0.05, 0.1) is 11.3 Å². The average Bonchev–Trinajstić information content (AvgIpc) is 2.63. The van der Waals surface area contributed by atoms with Gasteiger partial charge in [0, 0.05) is 22.9 Å². The van der Waals surface area contributed by atoms with Crippen LogP contribution in [-0.4, -0.2) is 21.9 Å². The molecule has 0 atom stereocenters. The van der Waals surface area contributed by atoms with Crippen LogP contribution in [0.3, 0.4) is 0 Å². The first-order valence-corrected chi connectivity index (χ1v) is 9.48. The van der Waals surface area contributed by atoms with Gasteiger partial charge in [0.25, 0.3) is 5.91 Å². The summed E-state index contributed by atoms with van der Waals surface area (Å²) in [6, 6.07) is 10.0. The topological polar surface area (TPSA) is 54.9 Å². The van der Waals surface area contributed by atoms with E-state index in [2.05, 4.69) is 22.2 Å². The maximum absolute atomic E-state index is 12.7. The first kappa shape index (κ1) is 17.0. The average molecular weight is 341 g/mol. The normalized spacial score (nSPS) is 20.5. The molecule has 1 heterocycles. The number of thioether (sulfide) groups is 1. The number of hydrogen-bond donors (Lipinski definition) is 1. The number of nitrogens with zero attached hydrogens (tertiary/aromatic N) is 2. The monoisotopic (exact) mass is 341 g/mol. The minimum absolute atomic E-state index is 0.0420. The van der Waals surface area contributed by atoms with Crippen molar-refractivity contribution in [3.8, 4) is 0 Å². The van der Waals surface area contributed by atoms with Crippen LogP contribution in [0.4, 0.5) is 0 Å². The van der Waals surface area contributed by atoms with Crippen LogP contribution in [0.1, 0.15) is 48.7 Å². The molecule has 1 amide bonds. The number of carbonyl (C=O) groups excluding carboxylic acids is 1. The van der Waals surface area contributed by atoms with Crippen LogP contribution in [-0.2, 0) is 5.75 Å². The molecule has 126 valence electrons. The summed E-state index contributed by atoms with van der Waals surface area (Å²) in [5, 5.41) is 3.22. The molecule has 0 radical (unpaired) electrons. The molecule has 1 aromatic heterocycles. The molecule has 1 aromatic carbocycles. The minimum Gasteiger partial charge on any atom is -0.349 e. The summed E-state index contributed by atoms with van der Waals surface area (Å²) in [7, 11) is 0. The van der Waals surface area contributed by atoms with E-state index in [9.17, 15) is 4.79 Å². The summed E-state index contributed by atoms with van der Waals surface area (Å²) >= 11 is 1.64. The Hall–Kier alpha value is -1.88. The molecule has 0 aliphatic heterocycles. The third kappa shape index (κ3) is 4.57. The van der Waals surface area contributed by atoms with Crippen LogP contribution < -0.4 is 5.32 Å². The van der Waals surface area contributed by atoms with Gasteiger partial charge in [0.15, 0.2) is 0 Å². The summed E-state index contributed by atoms with van der Waals surface area (Å²) in [5.41, 5.74) is 1.72. The molecule has 1 aliphatic carbocycles. The molecular formula is C19H23N3OS. The summed E-state index contributed by atoms with van der Waals surface area (Å²) in [6.07, 6.45) is 7.88. The van der Waals surface area contributed by atoms with Crippen molar-refractivity contribution in [1.29, 1.82) is 0 Å². The van der Waals surface area contributed by atoms with Gasteiger partial charge in [-0.15, -0.1) is 11.8 Å². The predicted octanol–water partition coefficient (Wildman–Crippen LogP) is 4.08. The van der Waals surface area contributed by atoms with Crippen molar-refractivity contribution < 1.29 is 4.79 Å². The molecule has 5 heteroatoms. The van der Waals surface area contributed by atoms with E-state index in [0.29, 0.717) is 6.04 Å². The number of aromatic nitrogens is 2. The molecule has 1 aliphatic rings. The third-order valence-corrected chi connectivity index (χ3v) is 5.61. The van der Waals surface area contributed by atoms with Gasteiger partial charge in [-0.25, -0.2) is 9.97 Å². The zero-order valence-corrected chi connectivity index (χ0v) is 14.8. The van der Waals surface area contributed by atoms with Crippen LogP contribution in [0, 0.1) is 5.92 Å². The Morgan fingerprint density at radius 1 is 1.21 bits per heavy atom. The first-order chi connectivity index (χ1) is 11.7. The quantitative estimate of drug-likeness (QED) is 0.833. The lowest BCUT2D eigenvalue weighted by Gasteiger charge is -2.27. The molecule has 0 unspecified atom stereocenters. The molecule has 0 spiro atoms. The van der Waals surface area contributed by atoms with Gasteiger partial charge in [-0.1, -0.05) is 19.1 Å². The van der Waals surface area contributed by atoms with Crippen molar-refractivity contribution in [3.05, 3.63) is 54.1 Å². The number of benzene rings is 1. The van der Waals surface area contributed by atoms with Crippen molar-refractivity contribution in [3.63, 3.8) is 0 Å². The zero-order valence-electron chi connectivity index (χ0n) is 13.9. The van der Waals surface area contributed by atoms with Gasteiger partial charge >= 0.3 is 0 Å². The molecule has 1 saturated carbocycles. The van der Waals surface area contributed by atoms with Crippen LogP contribution in [0.25, 0.3) is 0 Å². The van der Waals surface area contributed by atoms with Gasteiger partial charge in [0.1, 0.15) is 6.33 Å². The van der Waals surface area contributed by atoms with Crippen LogP contribution in [0.2, 0.25) is 0 Å². The van der Waals surface area contributed by atoms with Crippen molar-refractivity contribution in [2.75, 3.05) is 0 Å². The lowest BCUT2D eigenvalue weighted by atomic mass is 9.87. The molecule has 1 fully saturated rings. The fourth-order valence-corrected chi connectivity index (χ4v) is 3.97. The number of hydrogen-bond acceptors (Lipinski definition) is 4. The largest absolute Gasteiger partial charge is 0.349 e. The second-order valence-corrected chi connectivity index (χ2v) is 7.43. The van der Waals surface area contributed by atoms with E-state index in [0.717, 1.165) is 40.7 Å². The summed E-state index contributed by atoms with van der Waals surface area (Å²) in [6.45, 7) is 2.29. The SMILES string of the molecule is CC1CCC(NC(=O)c2ccccc2SCc2ccncn2)CC1. The maximum Gasteiger partial charge on any atom is 0.252 e. The molecular weight excluding hydrogens is 318 g/mol. The van der Waals surface area contributed by atoms with Gasteiger partial charge in [-0.05, 0) is 49.8 Å². The summed E-state index contributed by atoms with van der Waals surface area (Å²) in [4.78, 5) is 21.8.